The van der Waals surface area contributed by atoms with Crippen molar-refractivity contribution >= 4 is 0 Å². The van der Waals surface area contributed by atoms with Crippen molar-refractivity contribution in [2.75, 3.05) is 0 Å². The molecule has 1 N–H and O–H groups in total. The highest BCUT2D eigenvalue weighted by Gasteiger charge is 2.55. The molecule has 86 valence electrons. The minimum atomic E-state index is -0.0637. The first-order chi connectivity index (χ1) is 7.83. The van der Waals surface area contributed by atoms with Crippen LogP contribution in [0.15, 0.2) is 24.3 Å². The molecule has 0 spiro atoms. The van der Waals surface area contributed by atoms with Crippen LogP contribution in [0.25, 0.3) is 0 Å². The molecule has 0 radical (unpaired) electrons. The highest BCUT2D eigenvalue weighted by molar-refractivity contribution is 5.39. The van der Waals surface area contributed by atoms with Gasteiger partial charge < -0.3 is 5.11 Å². The number of aryl methyl sites for hydroxylation is 1. The number of hydrogen-bond donors (Lipinski definition) is 1. The molecule has 0 heterocycles. The number of rotatable bonds is 3. The second-order valence-electron chi connectivity index (χ2n) is 5.36. The lowest BCUT2D eigenvalue weighted by atomic mass is 9.92. The summed E-state index contributed by atoms with van der Waals surface area (Å²) in [6.07, 6.45) is 4.50. The SMILES string of the molecule is CCCC(O)C1C2CCc3ccccc3C21. The van der Waals surface area contributed by atoms with Crippen molar-refractivity contribution in [1.29, 1.82) is 0 Å². The van der Waals surface area contributed by atoms with Crippen molar-refractivity contribution in [3.8, 4) is 0 Å². The second-order valence-corrected chi connectivity index (χ2v) is 5.36. The Balaban J connectivity index is 1.82. The fourth-order valence-corrected chi connectivity index (χ4v) is 3.63. The summed E-state index contributed by atoms with van der Waals surface area (Å²) in [6, 6.07) is 8.81. The topological polar surface area (TPSA) is 20.2 Å². The molecule has 1 saturated carbocycles. The van der Waals surface area contributed by atoms with Gasteiger partial charge in [0.25, 0.3) is 0 Å². The number of aliphatic hydroxyl groups is 1. The van der Waals surface area contributed by atoms with Crippen LogP contribution in [-0.2, 0) is 6.42 Å². The minimum Gasteiger partial charge on any atom is -0.393 e. The summed E-state index contributed by atoms with van der Waals surface area (Å²) in [6.45, 7) is 2.16. The van der Waals surface area contributed by atoms with E-state index >= 15 is 0 Å². The van der Waals surface area contributed by atoms with E-state index in [1.54, 1.807) is 0 Å². The van der Waals surface area contributed by atoms with Gasteiger partial charge >= 0.3 is 0 Å². The Morgan fingerprint density at radius 3 is 3.00 bits per heavy atom. The van der Waals surface area contributed by atoms with Crippen molar-refractivity contribution < 1.29 is 5.11 Å². The van der Waals surface area contributed by atoms with E-state index in [1.807, 2.05) is 0 Å². The minimum absolute atomic E-state index is 0.0637. The highest BCUT2D eigenvalue weighted by atomic mass is 16.3. The Bertz CT molecular complexity index is 385. The smallest absolute Gasteiger partial charge is 0.0577 e. The van der Waals surface area contributed by atoms with E-state index in [4.69, 9.17) is 0 Å². The van der Waals surface area contributed by atoms with Gasteiger partial charge in [-0.15, -0.1) is 0 Å². The van der Waals surface area contributed by atoms with Crippen LogP contribution in [0.5, 0.6) is 0 Å². The van der Waals surface area contributed by atoms with E-state index in [0.717, 1.165) is 18.8 Å². The fourth-order valence-electron chi connectivity index (χ4n) is 3.63. The van der Waals surface area contributed by atoms with Crippen LogP contribution in [0, 0.1) is 11.8 Å². The lowest BCUT2D eigenvalue weighted by Crippen LogP contribution is -2.10. The molecule has 1 aromatic carbocycles. The molecule has 1 nitrogen and oxygen atoms in total. The van der Waals surface area contributed by atoms with Gasteiger partial charge in [0.2, 0.25) is 0 Å². The Labute approximate surface area is 97.5 Å². The summed E-state index contributed by atoms with van der Waals surface area (Å²) < 4.78 is 0. The molecule has 2 aliphatic rings. The van der Waals surface area contributed by atoms with Gasteiger partial charge in [-0.25, -0.2) is 0 Å². The first-order valence-electron chi connectivity index (χ1n) is 6.58. The van der Waals surface area contributed by atoms with Gasteiger partial charge in [-0.2, -0.15) is 0 Å². The molecule has 1 heteroatoms. The molecule has 0 amide bonds. The normalized spacial score (nSPS) is 32.8. The second kappa shape index (κ2) is 3.89. The zero-order valence-corrected chi connectivity index (χ0v) is 9.89. The summed E-state index contributed by atoms with van der Waals surface area (Å²) in [5.41, 5.74) is 3.05. The van der Waals surface area contributed by atoms with Gasteiger partial charge in [-0.1, -0.05) is 37.6 Å². The van der Waals surface area contributed by atoms with Crippen molar-refractivity contribution in [2.45, 2.75) is 44.6 Å². The van der Waals surface area contributed by atoms with Gasteiger partial charge in [0.05, 0.1) is 6.10 Å². The van der Waals surface area contributed by atoms with Gasteiger partial charge in [0, 0.05) is 0 Å². The van der Waals surface area contributed by atoms with Crippen LogP contribution in [0.4, 0.5) is 0 Å². The lowest BCUT2D eigenvalue weighted by Gasteiger charge is -2.13. The largest absolute Gasteiger partial charge is 0.393 e. The van der Waals surface area contributed by atoms with Crippen LogP contribution < -0.4 is 0 Å². The summed E-state index contributed by atoms with van der Waals surface area (Å²) in [5, 5.41) is 10.1. The molecule has 1 fully saturated rings. The van der Waals surface area contributed by atoms with E-state index in [2.05, 4.69) is 31.2 Å². The van der Waals surface area contributed by atoms with Crippen LogP contribution in [0.2, 0.25) is 0 Å². The van der Waals surface area contributed by atoms with E-state index in [-0.39, 0.29) is 6.10 Å². The highest BCUT2D eigenvalue weighted by Crippen LogP contribution is 2.61. The molecule has 3 rings (SSSR count). The lowest BCUT2D eigenvalue weighted by molar-refractivity contribution is 0.132. The van der Waals surface area contributed by atoms with Gasteiger partial charge in [0.1, 0.15) is 0 Å². The van der Waals surface area contributed by atoms with Crippen LogP contribution in [-0.4, -0.2) is 11.2 Å². The zero-order chi connectivity index (χ0) is 11.1. The summed E-state index contributed by atoms with van der Waals surface area (Å²) in [5.74, 6) is 2.01. The predicted octanol–water partition coefficient (Wildman–Crippen LogP) is 3.12. The van der Waals surface area contributed by atoms with Crippen LogP contribution in [0.1, 0.15) is 43.2 Å². The Morgan fingerprint density at radius 1 is 1.38 bits per heavy atom. The Morgan fingerprint density at radius 2 is 2.19 bits per heavy atom. The molecule has 0 saturated heterocycles. The van der Waals surface area contributed by atoms with Crippen LogP contribution >= 0.6 is 0 Å². The molecule has 1 aromatic rings. The molecular weight excluding hydrogens is 196 g/mol. The number of fused-ring (bicyclic) bond motifs is 3. The monoisotopic (exact) mass is 216 g/mol. The van der Waals surface area contributed by atoms with Gasteiger partial charge in [0.15, 0.2) is 0 Å². The van der Waals surface area contributed by atoms with Gasteiger partial charge in [-0.05, 0) is 48.1 Å². The van der Waals surface area contributed by atoms with E-state index in [1.165, 1.54) is 24.0 Å². The Hall–Kier alpha value is -0.820. The predicted molar refractivity (Wildman–Crippen MR) is 65.4 cm³/mol. The van der Waals surface area contributed by atoms with E-state index in [0.29, 0.717) is 11.8 Å². The average molecular weight is 216 g/mol. The number of benzene rings is 1. The zero-order valence-electron chi connectivity index (χ0n) is 9.89. The molecule has 0 bridgehead atoms. The Kier molecular flexibility index (Phi) is 2.51. The van der Waals surface area contributed by atoms with Crippen molar-refractivity contribution in [3.05, 3.63) is 35.4 Å². The van der Waals surface area contributed by atoms with Crippen LogP contribution in [0.3, 0.4) is 0 Å². The maximum absolute atomic E-state index is 10.1. The molecule has 0 aliphatic heterocycles. The van der Waals surface area contributed by atoms with Gasteiger partial charge in [-0.3, -0.25) is 0 Å². The summed E-state index contributed by atoms with van der Waals surface area (Å²) in [4.78, 5) is 0. The molecule has 4 atom stereocenters. The number of aliphatic hydroxyl groups excluding tert-OH is 1. The quantitative estimate of drug-likeness (QED) is 0.823. The van der Waals surface area contributed by atoms with Crippen molar-refractivity contribution in [3.63, 3.8) is 0 Å². The third-order valence-corrected chi connectivity index (χ3v) is 4.42. The first-order valence-corrected chi connectivity index (χ1v) is 6.58. The van der Waals surface area contributed by atoms with E-state index in [9.17, 15) is 5.11 Å². The molecule has 0 aromatic heterocycles. The van der Waals surface area contributed by atoms with E-state index < -0.39 is 0 Å². The molecule has 16 heavy (non-hydrogen) atoms. The third-order valence-electron chi connectivity index (χ3n) is 4.42. The molecular formula is C15H20O. The van der Waals surface area contributed by atoms with Crippen molar-refractivity contribution in [2.24, 2.45) is 11.8 Å². The number of hydrogen-bond acceptors (Lipinski definition) is 1. The van der Waals surface area contributed by atoms with Crippen molar-refractivity contribution in [1.82, 2.24) is 0 Å². The average Bonchev–Trinajstić information content (AvgIpc) is 3.04. The third kappa shape index (κ3) is 1.49. The molecule has 4 unspecified atom stereocenters. The maximum Gasteiger partial charge on any atom is 0.0577 e. The summed E-state index contributed by atoms with van der Waals surface area (Å²) >= 11 is 0. The summed E-state index contributed by atoms with van der Waals surface area (Å²) in [7, 11) is 0. The first kappa shape index (κ1) is 10.3. The maximum atomic E-state index is 10.1. The fraction of sp³-hybridized carbons (Fsp3) is 0.600. The standard InChI is InChI=1S/C15H20O/c1-2-5-13(16)15-12-9-8-10-6-3-4-7-11(10)14(12)15/h3-4,6-7,12-16H,2,5,8-9H2,1H3. The molecule has 2 aliphatic carbocycles.